The van der Waals surface area contributed by atoms with Crippen LogP contribution in [0.2, 0.25) is 0 Å². The van der Waals surface area contributed by atoms with Crippen molar-refractivity contribution in [2.75, 3.05) is 38.8 Å². The molecule has 258 valence electrons. The number of hydrogen-bond acceptors (Lipinski definition) is 7. The van der Waals surface area contributed by atoms with E-state index in [1.165, 1.54) is 0 Å². The van der Waals surface area contributed by atoms with Crippen LogP contribution >= 0.6 is 11.8 Å². The van der Waals surface area contributed by atoms with Gasteiger partial charge in [0.2, 0.25) is 23.6 Å². The van der Waals surface area contributed by atoms with Crippen LogP contribution in [0.1, 0.15) is 93.9 Å². The number of piperidine rings is 1. The third-order valence-electron chi connectivity index (χ3n) is 9.20. The maximum Gasteiger partial charge on any atom is 0.249 e. The molecule has 11 heteroatoms. The second-order valence-corrected chi connectivity index (χ2v) is 15.5. The Bertz CT molecular complexity index is 1040. The van der Waals surface area contributed by atoms with Crippen molar-refractivity contribution in [2.24, 2.45) is 11.3 Å². The lowest BCUT2D eigenvalue weighted by atomic mass is 9.84. The number of carbonyl (C=O) groups is 4. The lowest BCUT2D eigenvalue weighted by molar-refractivity contribution is -0.142. The van der Waals surface area contributed by atoms with Crippen LogP contribution in [0, 0.1) is 11.3 Å². The highest BCUT2D eigenvalue weighted by Crippen LogP contribution is 2.27. The topological polar surface area (TPSA) is 122 Å². The van der Waals surface area contributed by atoms with Crippen molar-refractivity contribution in [3.8, 4) is 0 Å². The monoisotopic (exact) mass is 651 g/mol. The van der Waals surface area contributed by atoms with Gasteiger partial charge in [-0.15, -0.1) is 0 Å². The number of likely N-dealkylation sites (N-methyl/N-ethyl adjacent to an activating group) is 1. The Labute approximate surface area is 276 Å². The molecular formula is C34H61N5O5S. The third kappa shape index (κ3) is 10.7. The summed E-state index contributed by atoms with van der Waals surface area (Å²) in [5.41, 5.74) is -0.0624. The summed E-state index contributed by atoms with van der Waals surface area (Å²) >= 11 is 1.65. The van der Waals surface area contributed by atoms with Crippen LogP contribution in [-0.4, -0.2) is 118 Å². The number of hydrogen-bond donors (Lipinski definition) is 3. The summed E-state index contributed by atoms with van der Waals surface area (Å²) in [7, 11) is 1.74. The summed E-state index contributed by atoms with van der Waals surface area (Å²) in [4.78, 5) is 60.1. The molecule has 4 amide bonds. The Hall–Kier alpha value is -2.11. The van der Waals surface area contributed by atoms with Crippen LogP contribution in [0.5, 0.6) is 0 Å². The first-order valence-electron chi connectivity index (χ1n) is 16.8. The summed E-state index contributed by atoms with van der Waals surface area (Å²) in [5.74, 6) is 0.0438. The number of aliphatic hydroxyl groups is 1. The number of thioether (sulfide) groups is 1. The smallest absolute Gasteiger partial charge is 0.249 e. The zero-order valence-corrected chi connectivity index (χ0v) is 30.3. The van der Waals surface area contributed by atoms with E-state index in [9.17, 15) is 24.3 Å². The normalized spacial score (nSPS) is 21.9. The number of amides is 4. The number of aliphatic hydroxyl groups excluding tert-OH is 1. The number of nitrogens with one attached hydrogen (secondary N) is 2. The van der Waals surface area contributed by atoms with E-state index >= 15 is 0 Å². The van der Waals surface area contributed by atoms with Gasteiger partial charge in [0.15, 0.2) is 0 Å². The largest absolute Gasteiger partial charge is 0.394 e. The minimum atomic E-state index is -0.742. The fourth-order valence-electron chi connectivity index (χ4n) is 6.45. The molecule has 45 heavy (non-hydrogen) atoms. The molecule has 0 radical (unpaired) electrons. The molecule has 0 unspecified atom stereocenters. The van der Waals surface area contributed by atoms with Crippen molar-refractivity contribution in [2.45, 2.75) is 130 Å². The molecule has 2 aliphatic heterocycles. The Morgan fingerprint density at radius 1 is 0.978 bits per heavy atom. The van der Waals surface area contributed by atoms with Gasteiger partial charge in [0.05, 0.1) is 24.7 Å². The van der Waals surface area contributed by atoms with Gasteiger partial charge in [0.1, 0.15) is 12.1 Å². The maximum absolute atomic E-state index is 14.1. The SMILES string of the molecule is CSCC[C@@H](CO)NC(=O)[C@@H]1CCCN1C(=O)C(C)=C[C@H](C(C)C)N(C)C(=O)[C@@H](NC(=O)[C@H]1CCCCN1C(C)C)C(C)(C)C. The van der Waals surface area contributed by atoms with E-state index in [-0.39, 0.29) is 54.3 Å². The summed E-state index contributed by atoms with van der Waals surface area (Å²) in [6, 6.07) is -2.09. The van der Waals surface area contributed by atoms with Gasteiger partial charge in [0, 0.05) is 25.2 Å². The van der Waals surface area contributed by atoms with Crippen LogP contribution in [0.25, 0.3) is 0 Å². The second kappa shape index (κ2) is 17.7. The average Bonchev–Trinajstić information content (AvgIpc) is 3.48. The molecule has 0 aliphatic carbocycles. The van der Waals surface area contributed by atoms with E-state index in [1.54, 1.807) is 35.5 Å². The van der Waals surface area contributed by atoms with Crippen LogP contribution < -0.4 is 10.6 Å². The molecular weight excluding hydrogens is 590 g/mol. The van der Waals surface area contributed by atoms with E-state index in [1.807, 2.05) is 47.0 Å². The molecule has 0 aromatic carbocycles. The molecule has 2 aliphatic rings. The fraction of sp³-hybridized carbons (Fsp3) is 0.824. The van der Waals surface area contributed by atoms with E-state index in [4.69, 9.17) is 0 Å². The van der Waals surface area contributed by atoms with Crippen LogP contribution in [-0.2, 0) is 19.2 Å². The maximum atomic E-state index is 14.1. The summed E-state index contributed by atoms with van der Waals surface area (Å²) in [6.45, 7) is 17.0. The predicted molar refractivity (Wildman–Crippen MR) is 183 cm³/mol. The molecule has 0 aromatic heterocycles. The molecule has 5 atom stereocenters. The minimum absolute atomic E-state index is 0.00721. The lowest BCUT2D eigenvalue weighted by Gasteiger charge is -2.41. The van der Waals surface area contributed by atoms with E-state index in [2.05, 4.69) is 29.4 Å². The zero-order chi connectivity index (χ0) is 34.1. The van der Waals surface area contributed by atoms with Crippen molar-refractivity contribution >= 4 is 35.4 Å². The Balaban J connectivity index is 2.24. The minimum Gasteiger partial charge on any atom is -0.394 e. The van der Waals surface area contributed by atoms with Gasteiger partial charge in [0.25, 0.3) is 0 Å². The van der Waals surface area contributed by atoms with Gasteiger partial charge < -0.3 is 25.5 Å². The molecule has 3 N–H and O–H groups in total. The highest BCUT2D eigenvalue weighted by molar-refractivity contribution is 7.98. The van der Waals surface area contributed by atoms with Crippen molar-refractivity contribution in [1.82, 2.24) is 25.3 Å². The molecule has 2 rings (SSSR count). The number of nitrogens with zero attached hydrogens (tertiary/aromatic N) is 3. The van der Waals surface area contributed by atoms with E-state index in [0.717, 1.165) is 38.0 Å². The molecule has 2 heterocycles. The van der Waals surface area contributed by atoms with Gasteiger partial charge in [-0.1, -0.05) is 47.1 Å². The average molecular weight is 652 g/mol. The standard InChI is InChI=1S/C34H61N5O5S/c1-22(2)28(20-24(5)32(43)39-18-13-15-27(39)30(41)35-25(21-40)16-19-45-10)37(9)33(44)29(34(6,7)8)36-31(42)26-14-11-12-17-38(26)23(3)4/h20,22-23,25-29,40H,11-19,21H2,1-10H3,(H,35,41)(H,36,42)/t25-,26+,27-,28+,29+/m0/s1. The van der Waals surface area contributed by atoms with Crippen molar-refractivity contribution in [3.05, 3.63) is 11.6 Å². The van der Waals surface area contributed by atoms with Crippen molar-refractivity contribution in [1.29, 1.82) is 0 Å². The van der Waals surface area contributed by atoms with Crippen LogP contribution in [0.3, 0.4) is 0 Å². The van der Waals surface area contributed by atoms with Gasteiger partial charge >= 0.3 is 0 Å². The molecule has 2 saturated heterocycles. The Morgan fingerprint density at radius 3 is 2.16 bits per heavy atom. The van der Waals surface area contributed by atoms with Gasteiger partial charge in [-0.2, -0.15) is 11.8 Å². The first-order valence-corrected chi connectivity index (χ1v) is 18.2. The van der Waals surface area contributed by atoms with Crippen LogP contribution in [0.4, 0.5) is 0 Å². The lowest BCUT2D eigenvalue weighted by Crippen LogP contribution is -2.60. The highest BCUT2D eigenvalue weighted by atomic mass is 32.2. The van der Waals surface area contributed by atoms with Gasteiger partial charge in [-0.25, -0.2) is 0 Å². The number of carbonyl (C=O) groups excluding carboxylic acids is 4. The quantitative estimate of drug-likeness (QED) is 0.246. The first kappa shape index (κ1) is 39.1. The number of rotatable bonds is 14. The fourth-order valence-corrected chi connectivity index (χ4v) is 6.97. The van der Waals surface area contributed by atoms with E-state index in [0.29, 0.717) is 25.0 Å². The molecule has 2 fully saturated rings. The number of likely N-dealkylation sites (tertiary alicyclic amines) is 2. The summed E-state index contributed by atoms with van der Waals surface area (Å²) < 4.78 is 0. The Morgan fingerprint density at radius 2 is 1.60 bits per heavy atom. The molecule has 0 aromatic rings. The van der Waals surface area contributed by atoms with E-state index < -0.39 is 23.5 Å². The second-order valence-electron chi connectivity index (χ2n) is 14.5. The molecule has 0 spiro atoms. The molecule has 10 nitrogen and oxygen atoms in total. The van der Waals surface area contributed by atoms with Crippen molar-refractivity contribution < 1.29 is 24.3 Å². The summed E-state index contributed by atoms with van der Waals surface area (Å²) in [5, 5.41) is 15.8. The zero-order valence-electron chi connectivity index (χ0n) is 29.5. The predicted octanol–water partition coefficient (Wildman–Crippen LogP) is 3.43. The third-order valence-corrected chi connectivity index (χ3v) is 9.84. The van der Waals surface area contributed by atoms with Crippen LogP contribution in [0.15, 0.2) is 11.6 Å². The summed E-state index contributed by atoms with van der Waals surface area (Å²) in [6.07, 6.45) is 8.59. The molecule has 0 bridgehead atoms. The van der Waals surface area contributed by atoms with Crippen molar-refractivity contribution in [3.63, 3.8) is 0 Å². The molecule has 0 saturated carbocycles. The van der Waals surface area contributed by atoms with Gasteiger partial charge in [-0.05, 0) is 82.8 Å². The highest BCUT2D eigenvalue weighted by Gasteiger charge is 2.40. The van der Waals surface area contributed by atoms with Gasteiger partial charge in [-0.3, -0.25) is 24.1 Å². The Kier molecular flexibility index (Phi) is 15.4. The first-order chi connectivity index (χ1) is 21.0.